The molecule has 2 rings (SSSR count). The third-order valence-electron chi connectivity index (χ3n) is 2.70. The molecule has 2 aromatic rings. The minimum absolute atomic E-state index is 0.0689. The zero-order valence-corrected chi connectivity index (χ0v) is 11.0. The molecule has 0 bridgehead atoms. The first kappa shape index (κ1) is 13.6. The maximum atomic E-state index is 13.0. The van der Waals surface area contributed by atoms with Crippen molar-refractivity contribution in [3.8, 4) is 0 Å². The van der Waals surface area contributed by atoms with Crippen LogP contribution in [0.15, 0.2) is 48.5 Å². The molecule has 19 heavy (non-hydrogen) atoms. The quantitative estimate of drug-likeness (QED) is 0.831. The van der Waals surface area contributed by atoms with E-state index in [9.17, 15) is 9.18 Å². The SMILES string of the molecule is O=C(CCNc1ccc(F)c(Cl)c1)c1ccccc1. The topological polar surface area (TPSA) is 29.1 Å². The summed E-state index contributed by atoms with van der Waals surface area (Å²) in [5.41, 5.74) is 1.40. The number of hydrogen-bond acceptors (Lipinski definition) is 2. The highest BCUT2D eigenvalue weighted by Gasteiger charge is 2.05. The van der Waals surface area contributed by atoms with E-state index in [-0.39, 0.29) is 10.8 Å². The van der Waals surface area contributed by atoms with Gasteiger partial charge in [-0.15, -0.1) is 0 Å². The van der Waals surface area contributed by atoms with Gasteiger partial charge in [-0.05, 0) is 18.2 Å². The molecular formula is C15H13ClFNO. The maximum Gasteiger partial charge on any atom is 0.164 e. The number of carbonyl (C=O) groups is 1. The lowest BCUT2D eigenvalue weighted by Gasteiger charge is -2.06. The van der Waals surface area contributed by atoms with Crippen molar-refractivity contribution in [1.82, 2.24) is 0 Å². The van der Waals surface area contributed by atoms with Crippen molar-refractivity contribution >= 4 is 23.1 Å². The van der Waals surface area contributed by atoms with Crippen molar-refractivity contribution in [2.24, 2.45) is 0 Å². The van der Waals surface area contributed by atoms with Crippen LogP contribution >= 0.6 is 11.6 Å². The van der Waals surface area contributed by atoms with E-state index in [1.165, 1.54) is 12.1 Å². The molecule has 0 aliphatic rings. The van der Waals surface area contributed by atoms with Crippen molar-refractivity contribution < 1.29 is 9.18 Å². The predicted molar refractivity (Wildman–Crippen MR) is 75.3 cm³/mol. The highest BCUT2D eigenvalue weighted by molar-refractivity contribution is 6.31. The summed E-state index contributed by atoms with van der Waals surface area (Å²) in [6, 6.07) is 13.5. The molecule has 0 saturated heterocycles. The molecule has 0 unspecified atom stereocenters. The molecule has 0 radical (unpaired) electrons. The van der Waals surface area contributed by atoms with Gasteiger partial charge in [0, 0.05) is 24.2 Å². The summed E-state index contributed by atoms with van der Waals surface area (Å²) in [5.74, 6) is -0.381. The lowest BCUT2D eigenvalue weighted by Crippen LogP contribution is -2.08. The molecule has 0 aliphatic heterocycles. The van der Waals surface area contributed by atoms with Gasteiger partial charge in [-0.3, -0.25) is 4.79 Å². The molecule has 1 N–H and O–H groups in total. The number of halogens is 2. The molecule has 0 aliphatic carbocycles. The van der Waals surface area contributed by atoms with Crippen LogP contribution < -0.4 is 5.32 Å². The molecule has 0 fully saturated rings. The first-order valence-electron chi connectivity index (χ1n) is 5.94. The maximum absolute atomic E-state index is 13.0. The van der Waals surface area contributed by atoms with Crippen LogP contribution in [0.3, 0.4) is 0 Å². The van der Waals surface area contributed by atoms with Gasteiger partial charge in [0.25, 0.3) is 0 Å². The van der Waals surface area contributed by atoms with E-state index in [0.29, 0.717) is 24.2 Å². The lowest BCUT2D eigenvalue weighted by atomic mass is 10.1. The van der Waals surface area contributed by atoms with Crippen LogP contribution in [-0.2, 0) is 0 Å². The van der Waals surface area contributed by atoms with E-state index in [0.717, 1.165) is 0 Å². The smallest absolute Gasteiger partial charge is 0.164 e. The van der Waals surface area contributed by atoms with Gasteiger partial charge in [0.1, 0.15) is 5.82 Å². The van der Waals surface area contributed by atoms with E-state index in [2.05, 4.69) is 5.32 Å². The van der Waals surface area contributed by atoms with Gasteiger partial charge >= 0.3 is 0 Å². The summed E-state index contributed by atoms with van der Waals surface area (Å²) >= 11 is 5.67. The van der Waals surface area contributed by atoms with Crippen molar-refractivity contribution in [2.75, 3.05) is 11.9 Å². The van der Waals surface area contributed by atoms with E-state index >= 15 is 0 Å². The average molecular weight is 278 g/mol. The molecular weight excluding hydrogens is 265 g/mol. The van der Waals surface area contributed by atoms with Crippen molar-refractivity contribution in [3.05, 3.63) is 64.9 Å². The van der Waals surface area contributed by atoms with Gasteiger partial charge in [-0.2, -0.15) is 0 Å². The Balaban J connectivity index is 1.87. The first-order chi connectivity index (χ1) is 9.16. The Kier molecular flexibility index (Phi) is 4.53. The molecule has 2 nitrogen and oxygen atoms in total. The van der Waals surface area contributed by atoms with Gasteiger partial charge in [-0.25, -0.2) is 4.39 Å². The highest BCUT2D eigenvalue weighted by Crippen LogP contribution is 2.19. The molecule has 0 aromatic heterocycles. The summed E-state index contributed by atoms with van der Waals surface area (Å²) < 4.78 is 13.0. The van der Waals surface area contributed by atoms with Gasteiger partial charge in [-0.1, -0.05) is 41.9 Å². The number of carbonyl (C=O) groups excluding carboxylic acids is 1. The summed E-state index contributed by atoms with van der Waals surface area (Å²) in [6.07, 6.45) is 0.374. The predicted octanol–water partition coefficient (Wildman–Crippen LogP) is 4.16. The number of Topliss-reactive ketones (excluding diaryl/α,β-unsaturated/α-hetero) is 1. The van der Waals surface area contributed by atoms with E-state index in [1.54, 1.807) is 18.2 Å². The Morgan fingerprint density at radius 1 is 1.16 bits per heavy atom. The Morgan fingerprint density at radius 3 is 2.58 bits per heavy atom. The molecule has 0 spiro atoms. The fourth-order valence-electron chi connectivity index (χ4n) is 1.69. The molecule has 4 heteroatoms. The van der Waals surface area contributed by atoms with Gasteiger partial charge in [0.15, 0.2) is 5.78 Å². The van der Waals surface area contributed by atoms with Crippen molar-refractivity contribution in [1.29, 1.82) is 0 Å². The first-order valence-corrected chi connectivity index (χ1v) is 6.32. The van der Waals surface area contributed by atoms with Crippen molar-refractivity contribution in [3.63, 3.8) is 0 Å². The summed E-state index contributed by atoms with van der Waals surface area (Å²) in [6.45, 7) is 0.482. The molecule has 0 atom stereocenters. The Hall–Kier alpha value is -1.87. The number of rotatable bonds is 5. The normalized spacial score (nSPS) is 10.2. The number of nitrogens with one attached hydrogen (secondary N) is 1. The summed E-state index contributed by atoms with van der Waals surface area (Å²) in [7, 11) is 0. The van der Waals surface area contributed by atoms with E-state index in [1.807, 2.05) is 18.2 Å². The third-order valence-corrected chi connectivity index (χ3v) is 2.99. The molecule has 98 valence electrons. The minimum atomic E-state index is -0.451. The average Bonchev–Trinajstić information content (AvgIpc) is 2.43. The second-order valence-corrected chi connectivity index (χ2v) is 4.50. The standard InChI is InChI=1S/C15H13ClFNO/c16-13-10-12(6-7-14(13)17)18-9-8-15(19)11-4-2-1-3-5-11/h1-7,10,18H,8-9H2. The zero-order chi connectivity index (χ0) is 13.7. The number of ketones is 1. The highest BCUT2D eigenvalue weighted by atomic mass is 35.5. The Labute approximate surface area is 116 Å². The number of benzene rings is 2. The van der Waals surface area contributed by atoms with Crippen LogP contribution in [0.2, 0.25) is 5.02 Å². The summed E-state index contributed by atoms with van der Waals surface area (Å²) in [5, 5.41) is 3.11. The third kappa shape index (κ3) is 3.80. The van der Waals surface area contributed by atoms with Gasteiger partial charge < -0.3 is 5.32 Å². The van der Waals surface area contributed by atoms with Crippen LogP contribution in [-0.4, -0.2) is 12.3 Å². The van der Waals surface area contributed by atoms with Crippen LogP contribution in [0.4, 0.5) is 10.1 Å². The second kappa shape index (κ2) is 6.34. The molecule has 0 amide bonds. The second-order valence-electron chi connectivity index (χ2n) is 4.09. The zero-order valence-electron chi connectivity index (χ0n) is 10.2. The van der Waals surface area contributed by atoms with Crippen LogP contribution in [0, 0.1) is 5.82 Å². The fourth-order valence-corrected chi connectivity index (χ4v) is 1.88. The van der Waals surface area contributed by atoms with Crippen molar-refractivity contribution in [2.45, 2.75) is 6.42 Å². The lowest BCUT2D eigenvalue weighted by molar-refractivity contribution is 0.0986. The minimum Gasteiger partial charge on any atom is -0.385 e. The monoisotopic (exact) mass is 277 g/mol. The van der Waals surface area contributed by atoms with Gasteiger partial charge in [0.2, 0.25) is 0 Å². The van der Waals surface area contributed by atoms with Crippen LogP contribution in [0.1, 0.15) is 16.8 Å². The Bertz CT molecular complexity index is 572. The van der Waals surface area contributed by atoms with E-state index in [4.69, 9.17) is 11.6 Å². The number of anilines is 1. The Morgan fingerprint density at radius 2 is 1.89 bits per heavy atom. The molecule has 0 heterocycles. The summed E-state index contributed by atoms with van der Waals surface area (Å²) in [4.78, 5) is 11.8. The molecule has 0 saturated carbocycles. The molecule has 2 aromatic carbocycles. The number of hydrogen-bond donors (Lipinski definition) is 1. The van der Waals surface area contributed by atoms with E-state index < -0.39 is 5.82 Å². The van der Waals surface area contributed by atoms with Crippen LogP contribution in [0.5, 0.6) is 0 Å². The van der Waals surface area contributed by atoms with Gasteiger partial charge in [0.05, 0.1) is 5.02 Å². The largest absolute Gasteiger partial charge is 0.385 e. The van der Waals surface area contributed by atoms with Crippen LogP contribution in [0.25, 0.3) is 0 Å². The fraction of sp³-hybridized carbons (Fsp3) is 0.133.